The van der Waals surface area contributed by atoms with Crippen LogP contribution in [0, 0.1) is 5.82 Å². The zero-order valence-corrected chi connectivity index (χ0v) is 20.4. The zero-order chi connectivity index (χ0) is 24.5. The number of nitrogens with one attached hydrogen (secondary N) is 1. The van der Waals surface area contributed by atoms with Crippen molar-refractivity contribution in [3.63, 3.8) is 0 Å². The van der Waals surface area contributed by atoms with Gasteiger partial charge in [-0.2, -0.15) is 17.9 Å². The maximum Gasteiger partial charge on any atom is 0.279 e. The fourth-order valence-electron chi connectivity index (χ4n) is 3.54. The van der Waals surface area contributed by atoms with Crippen molar-refractivity contribution in [1.82, 2.24) is 4.41 Å². The molecule has 3 aromatic carbocycles. The van der Waals surface area contributed by atoms with Crippen molar-refractivity contribution >= 4 is 43.0 Å². The number of rotatable bonds is 7. The summed E-state index contributed by atoms with van der Waals surface area (Å²) >= 11 is 6.01. The summed E-state index contributed by atoms with van der Waals surface area (Å²) in [5.41, 5.74) is 2.10. The van der Waals surface area contributed by atoms with Crippen LogP contribution in [-0.2, 0) is 20.0 Å². The number of hydrogen-bond acceptors (Lipinski definition) is 5. The van der Waals surface area contributed by atoms with Crippen LogP contribution in [0.4, 0.5) is 10.1 Å². The summed E-state index contributed by atoms with van der Waals surface area (Å²) < 4.78 is 67.5. The molecule has 0 radical (unpaired) electrons. The van der Waals surface area contributed by atoms with Crippen molar-refractivity contribution in [2.45, 2.75) is 24.3 Å². The number of sulfonamides is 2. The second-order valence-electron chi connectivity index (χ2n) is 7.64. The number of nitrogens with zero attached hydrogens (tertiary/aromatic N) is 2. The molecule has 0 amide bonds. The van der Waals surface area contributed by atoms with Gasteiger partial charge in [-0.05, 0) is 60.5 Å². The SMILES string of the molecule is CCS(=O)(=O)Nc1ccc(C2=NN(S(=O)(=O)c3cccc(Cl)c3)C(c3ccc(F)cc3)C2)cc1. The van der Waals surface area contributed by atoms with Crippen LogP contribution in [0.2, 0.25) is 5.02 Å². The first-order valence-electron chi connectivity index (χ1n) is 10.3. The highest BCUT2D eigenvalue weighted by atomic mass is 35.5. The molecule has 178 valence electrons. The summed E-state index contributed by atoms with van der Waals surface area (Å²) in [6.45, 7) is 1.54. The van der Waals surface area contributed by atoms with Gasteiger partial charge in [0, 0.05) is 17.1 Å². The van der Waals surface area contributed by atoms with E-state index in [4.69, 9.17) is 11.6 Å². The lowest BCUT2D eigenvalue weighted by atomic mass is 9.99. The molecule has 1 unspecified atom stereocenters. The van der Waals surface area contributed by atoms with E-state index in [2.05, 4.69) is 9.82 Å². The fourth-order valence-corrected chi connectivity index (χ4v) is 5.91. The largest absolute Gasteiger partial charge is 0.284 e. The number of hydrazone groups is 1. The van der Waals surface area contributed by atoms with Crippen molar-refractivity contribution in [3.8, 4) is 0 Å². The van der Waals surface area contributed by atoms with Gasteiger partial charge in [0.2, 0.25) is 10.0 Å². The average Bonchev–Trinajstić information content (AvgIpc) is 3.26. The molecule has 0 bridgehead atoms. The second-order valence-corrected chi connectivity index (χ2v) is 11.9. The van der Waals surface area contributed by atoms with E-state index in [-0.39, 0.29) is 22.1 Å². The highest BCUT2D eigenvalue weighted by Gasteiger charge is 2.37. The first kappa shape index (κ1) is 24.2. The molecule has 3 aromatic rings. The Balaban J connectivity index is 1.72. The predicted molar refractivity (Wildman–Crippen MR) is 130 cm³/mol. The monoisotopic (exact) mass is 521 g/mol. The van der Waals surface area contributed by atoms with Gasteiger partial charge in [-0.1, -0.05) is 41.9 Å². The quantitative estimate of drug-likeness (QED) is 0.484. The Kier molecular flexibility index (Phi) is 6.66. The van der Waals surface area contributed by atoms with Gasteiger partial charge in [0.05, 0.1) is 22.4 Å². The molecule has 4 rings (SSSR count). The standard InChI is InChI=1S/C23H21ClFN3O4S2/c1-2-33(29,30)27-20-12-8-16(9-13-20)22-15-23(17-6-10-19(25)11-7-17)28(26-22)34(31,32)21-5-3-4-18(24)14-21/h3-14,23,27H,2,15H2,1H3. The van der Waals surface area contributed by atoms with Crippen molar-refractivity contribution < 1.29 is 21.2 Å². The molecule has 0 spiro atoms. The molecule has 1 atom stereocenters. The van der Waals surface area contributed by atoms with Crippen LogP contribution >= 0.6 is 11.6 Å². The average molecular weight is 522 g/mol. The van der Waals surface area contributed by atoms with Gasteiger partial charge in [-0.25, -0.2) is 12.8 Å². The van der Waals surface area contributed by atoms with Gasteiger partial charge in [-0.15, -0.1) is 0 Å². The number of hydrogen-bond donors (Lipinski definition) is 1. The van der Waals surface area contributed by atoms with Crippen molar-refractivity contribution in [1.29, 1.82) is 0 Å². The Bertz CT molecular complexity index is 1440. The van der Waals surface area contributed by atoms with Crippen molar-refractivity contribution in [3.05, 3.63) is 94.8 Å². The van der Waals surface area contributed by atoms with E-state index >= 15 is 0 Å². The van der Waals surface area contributed by atoms with Gasteiger partial charge in [0.25, 0.3) is 10.0 Å². The molecule has 0 fully saturated rings. The molecular formula is C23H21ClFN3O4S2. The van der Waals surface area contributed by atoms with Gasteiger partial charge in [0.15, 0.2) is 0 Å². The number of halogens is 2. The highest BCUT2D eigenvalue weighted by molar-refractivity contribution is 7.92. The minimum atomic E-state index is -4.07. The summed E-state index contributed by atoms with van der Waals surface area (Å²) in [7, 11) is -7.49. The minimum Gasteiger partial charge on any atom is -0.284 e. The fraction of sp³-hybridized carbons (Fsp3) is 0.174. The second kappa shape index (κ2) is 9.36. The predicted octanol–water partition coefficient (Wildman–Crippen LogP) is 4.78. The molecule has 34 heavy (non-hydrogen) atoms. The molecule has 7 nitrogen and oxygen atoms in total. The molecule has 0 aliphatic carbocycles. The van der Waals surface area contributed by atoms with Gasteiger partial charge in [-0.3, -0.25) is 4.72 Å². The summed E-state index contributed by atoms with van der Waals surface area (Å²) in [5.74, 6) is -0.491. The lowest BCUT2D eigenvalue weighted by molar-refractivity contribution is 0.371. The van der Waals surface area contributed by atoms with Crippen LogP contribution in [0.15, 0.2) is 82.8 Å². The highest BCUT2D eigenvalue weighted by Crippen LogP contribution is 2.37. The lowest BCUT2D eigenvalue weighted by Gasteiger charge is -2.23. The maximum atomic E-state index is 13.5. The van der Waals surface area contributed by atoms with E-state index in [1.54, 1.807) is 36.4 Å². The third-order valence-electron chi connectivity index (χ3n) is 5.34. The van der Waals surface area contributed by atoms with Crippen molar-refractivity contribution in [2.24, 2.45) is 5.10 Å². The molecule has 1 aliphatic heterocycles. The topological polar surface area (TPSA) is 95.9 Å². The Morgan fingerprint density at radius 2 is 1.71 bits per heavy atom. The molecule has 11 heteroatoms. The van der Waals surface area contributed by atoms with E-state index in [1.807, 2.05) is 0 Å². The summed E-state index contributed by atoms with van der Waals surface area (Å²) in [6.07, 6.45) is 0.242. The maximum absolute atomic E-state index is 13.5. The van der Waals surface area contributed by atoms with Crippen LogP contribution in [0.3, 0.4) is 0 Å². The molecule has 1 N–H and O–H groups in total. The van der Waals surface area contributed by atoms with E-state index in [1.165, 1.54) is 43.3 Å². The van der Waals surface area contributed by atoms with Crippen LogP contribution in [-0.4, -0.2) is 32.7 Å². The van der Waals surface area contributed by atoms with Crippen molar-refractivity contribution in [2.75, 3.05) is 10.5 Å². The van der Waals surface area contributed by atoms with E-state index in [9.17, 15) is 21.2 Å². The Hall–Kier alpha value is -2.95. The Labute approximate surface area is 203 Å². The molecule has 0 saturated carbocycles. The molecule has 0 saturated heterocycles. The van der Waals surface area contributed by atoms with Crippen LogP contribution < -0.4 is 4.72 Å². The lowest BCUT2D eigenvalue weighted by Crippen LogP contribution is -2.27. The van der Waals surface area contributed by atoms with Crippen LogP contribution in [0.5, 0.6) is 0 Å². The molecular weight excluding hydrogens is 501 g/mol. The third kappa shape index (κ3) is 5.08. The zero-order valence-electron chi connectivity index (χ0n) is 18.0. The molecule has 0 aromatic heterocycles. The van der Waals surface area contributed by atoms with Gasteiger partial charge in [0.1, 0.15) is 5.82 Å². The van der Waals surface area contributed by atoms with Gasteiger partial charge >= 0.3 is 0 Å². The first-order valence-corrected chi connectivity index (χ1v) is 13.8. The summed E-state index contributed by atoms with van der Waals surface area (Å²) in [4.78, 5) is -0.0126. The molecule has 1 aliphatic rings. The number of anilines is 1. The Morgan fingerprint density at radius 1 is 1.03 bits per heavy atom. The molecule has 1 heterocycles. The summed E-state index contributed by atoms with van der Waals surface area (Å²) in [5, 5.41) is 4.69. The van der Waals surface area contributed by atoms with Crippen LogP contribution in [0.25, 0.3) is 0 Å². The van der Waals surface area contributed by atoms with E-state index in [0.29, 0.717) is 22.5 Å². The van der Waals surface area contributed by atoms with E-state index in [0.717, 1.165) is 4.41 Å². The van der Waals surface area contributed by atoms with Crippen LogP contribution in [0.1, 0.15) is 30.5 Å². The van der Waals surface area contributed by atoms with E-state index < -0.39 is 31.9 Å². The Morgan fingerprint density at radius 3 is 2.32 bits per heavy atom. The minimum absolute atomic E-state index is 0.0126. The smallest absolute Gasteiger partial charge is 0.279 e. The third-order valence-corrected chi connectivity index (χ3v) is 8.56. The number of benzene rings is 3. The summed E-state index contributed by atoms with van der Waals surface area (Å²) in [6, 6.07) is 17.3. The van der Waals surface area contributed by atoms with Gasteiger partial charge < -0.3 is 0 Å². The first-order chi connectivity index (χ1) is 16.1. The normalized spacial score (nSPS) is 16.4.